The second-order valence-electron chi connectivity index (χ2n) is 5.39. The van der Waals surface area contributed by atoms with Crippen molar-refractivity contribution in [3.8, 4) is 0 Å². The van der Waals surface area contributed by atoms with Crippen LogP contribution in [0.5, 0.6) is 0 Å². The Balaban J connectivity index is 2.33. The van der Waals surface area contributed by atoms with Crippen molar-refractivity contribution < 1.29 is 13.2 Å². The molecule has 0 saturated heterocycles. The first-order chi connectivity index (χ1) is 8.53. The molecule has 1 unspecified atom stereocenters. The van der Waals surface area contributed by atoms with E-state index in [-0.39, 0.29) is 12.5 Å². The van der Waals surface area contributed by atoms with Gasteiger partial charge >= 0.3 is 6.18 Å². The Bertz CT molecular complexity index is 211. The minimum Gasteiger partial charge on any atom is -0.271 e. The normalized spacial score (nSPS) is 21.3. The summed E-state index contributed by atoms with van der Waals surface area (Å²) in [6.07, 6.45) is 4.31. The number of alkyl halides is 3. The fourth-order valence-electron chi connectivity index (χ4n) is 2.87. The molecule has 0 radical (unpaired) electrons. The van der Waals surface area contributed by atoms with Gasteiger partial charge in [0, 0.05) is 12.5 Å². The zero-order valence-electron chi connectivity index (χ0n) is 10.9. The summed E-state index contributed by atoms with van der Waals surface area (Å²) in [5.74, 6) is 5.96. The van der Waals surface area contributed by atoms with Gasteiger partial charge < -0.3 is 0 Å². The molecule has 5 heteroatoms. The van der Waals surface area contributed by atoms with Gasteiger partial charge in [-0.1, -0.05) is 32.1 Å². The van der Waals surface area contributed by atoms with Gasteiger partial charge in [0.1, 0.15) is 0 Å². The molecule has 0 bridgehead atoms. The largest absolute Gasteiger partial charge is 0.389 e. The van der Waals surface area contributed by atoms with Gasteiger partial charge in [-0.3, -0.25) is 11.3 Å². The molecule has 1 aliphatic rings. The van der Waals surface area contributed by atoms with Crippen molar-refractivity contribution in [2.45, 2.75) is 76.4 Å². The predicted octanol–water partition coefficient (Wildman–Crippen LogP) is 3.91. The SMILES string of the molecule is NNC(CCCC(F)(F)F)C1CCCCCCC1. The number of hydrazine groups is 1. The lowest BCUT2D eigenvalue weighted by Gasteiger charge is -2.28. The van der Waals surface area contributed by atoms with Gasteiger partial charge in [0.2, 0.25) is 0 Å². The van der Waals surface area contributed by atoms with E-state index < -0.39 is 12.6 Å². The van der Waals surface area contributed by atoms with Gasteiger partial charge in [-0.25, -0.2) is 0 Å². The number of halogens is 3. The lowest BCUT2D eigenvalue weighted by atomic mass is 9.84. The van der Waals surface area contributed by atoms with Crippen molar-refractivity contribution in [3.63, 3.8) is 0 Å². The molecule has 1 aliphatic carbocycles. The molecule has 0 aromatic carbocycles. The highest BCUT2D eigenvalue weighted by atomic mass is 19.4. The van der Waals surface area contributed by atoms with Crippen molar-refractivity contribution in [3.05, 3.63) is 0 Å². The Morgan fingerprint density at radius 3 is 2.11 bits per heavy atom. The Morgan fingerprint density at radius 1 is 1.06 bits per heavy atom. The molecule has 1 rings (SSSR count). The number of rotatable bonds is 5. The Hall–Kier alpha value is -0.290. The van der Waals surface area contributed by atoms with Crippen molar-refractivity contribution >= 4 is 0 Å². The lowest BCUT2D eigenvalue weighted by molar-refractivity contribution is -0.136. The average Bonchev–Trinajstić information content (AvgIpc) is 2.23. The smallest absolute Gasteiger partial charge is 0.271 e. The second-order valence-corrected chi connectivity index (χ2v) is 5.39. The zero-order valence-corrected chi connectivity index (χ0v) is 10.9. The molecular weight excluding hydrogens is 241 g/mol. The fraction of sp³-hybridized carbons (Fsp3) is 1.00. The number of hydrogen-bond acceptors (Lipinski definition) is 2. The number of nitrogens with one attached hydrogen (secondary N) is 1. The third kappa shape index (κ3) is 6.59. The van der Waals surface area contributed by atoms with Crippen LogP contribution in [-0.4, -0.2) is 12.2 Å². The third-order valence-corrected chi connectivity index (χ3v) is 3.91. The third-order valence-electron chi connectivity index (χ3n) is 3.91. The average molecular weight is 266 g/mol. The van der Waals surface area contributed by atoms with Gasteiger partial charge in [-0.05, 0) is 31.6 Å². The topological polar surface area (TPSA) is 38.0 Å². The summed E-state index contributed by atoms with van der Waals surface area (Å²) in [5.41, 5.74) is 2.74. The van der Waals surface area contributed by atoms with E-state index in [1.54, 1.807) is 0 Å². The second kappa shape index (κ2) is 8.00. The Labute approximate surface area is 107 Å². The molecule has 0 amide bonds. The minimum absolute atomic E-state index is 0.0467. The van der Waals surface area contributed by atoms with E-state index in [9.17, 15) is 13.2 Å². The maximum atomic E-state index is 12.1. The molecule has 1 saturated carbocycles. The number of hydrogen-bond donors (Lipinski definition) is 2. The highest BCUT2D eigenvalue weighted by Gasteiger charge is 2.28. The van der Waals surface area contributed by atoms with Crippen LogP contribution >= 0.6 is 0 Å². The first-order valence-electron chi connectivity index (χ1n) is 7.06. The predicted molar refractivity (Wildman–Crippen MR) is 66.8 cm³/mol. The first kappa shape index (κ1) is 15.8. The molecule has 2 nitrogen and oxygen atoms in total. The standard InChI is InChI=1S/C13H25F3N2/c14-13(15,16)10-6-9-12(18-17)11-7-4-2-1-3-5-8-11/h11-12,18H,1-10,17H2. The molecule has 18 heavy (non-hydrogen) atoms. The molecular formula is C13H25F3N2. The highest BCUT2D eigenvalue weighted by Crippen LogP contribution is 2.28. The summed E-state index contributed by atoms with van der Waals surface area (Å²) < 4.78 is 36.4. The van der Waals surface area contributed by atoms with Crippen LogP contribution in [0.4, 0.5) is 13.2 Å². The van der Waals surface area contributed by atoms with E-state index in [1.165, 1.54) is 32.1 Å². The molecule has 1 atom stereocenters. The van der Waals surface area contributed by atoms with Crippen LogP contribution in [0.25, 0.3) is 0 Å². The molecule has 0 aliphatic heterocycles. The molecule has 0 heterocycles. The summed E-state index contributed by atoms with van der Waals surface area (Å²) >= 11 is 0. The van der Waals surface area contributed by atoms with Crippen molar-refractivity contribution in [2.24, 2.45) is 11.8 Å². The summed E-state index contributed by atoms with van der Waals surface area (Å²) in [5, 5.41) is 0. The van der Waals surface area contributed by atoms with Crippen LogP contribution in [0.15, 0.2) is 0 Å². The van der Waals surface area contributed by atoms with Gasteiger partial charge in [0.05, 0.1) is 0 Å². The van der Waals surface area contributed by atoms with Crippen LogP contribution in [0, 0.1) is 5.92 Å². The van der Waals surface area contributed by atoms with Crippen molar-refractivity contribution in [1.82, 2.24) is 5.43 Å². The van der Waals surface area contributed by atoms with Gasteiger partial charge in [0.25, 0.3) is 0 Å². The summed E-state index contributed by atoms with van der Waals surface area (Å²) in [6, 6.07) is 0.0467. The van der Waals surface area contributed by atoms with Gasteiger partial charge in [-0.15, -0.1) is 0 Å². The molecule has 3 N–H and O–H groups in total. The van der Waals surface area contributed by atoms with Crippen LogP contribution in [0.1, 0.15) is 64.2 Å². The molecule has 0 aromatic heterocycles. The quantitative estimate of drug-likeness (QED) is 0.585. The van der Waals surface area contributed by atoms with Crippen LogP contribution < -0.4 is 11.3 Å². The van der Waals surface area contributed by atoms with Gasteiger partial charge in [-0.2, -0.15) is 13.2 Å². The maximum Gasteiger partial charge on any atom is 0.389 e. The van der Waals surface area contributed by atoms with Crippen molar-refractivity contribution in [2.75, 3.05) is 0 Å². The van der Waals surface area contributed by atoms with Crippen LogP contribution in [-0.2, 0) is 0 Å². The summed E-state index contributed by atoms with van der Waals surface area (Å²) in [4.78, 5) is 0. The monoisotopic (exact) mass is 266 g/mol. The highest BCUT2D eigenvalue weighted by molar-refractivity contribution is 4.76. The Morgan fingerprint density at radius 2 is 1.61 bits per heavy atom. The summed E-state index contributed by atoms with van der Waals surface area (Å²) in [7, 11) is 0. The van der Waals surface area contributed by atoms with Crippen LogP contribution in [0.2, 0.25) is 0 Å². The minimum atomic E-state index is -4.04. The van der Waals surface area contributed by atoms with Gasteiger partial charge in [0.15, 0.2) is 0 Å². The first-order valence-corrected chi connectivity index (χ1v) is 7.06. The van der Waals surface area contributed by atoms with E-state index in [0.29, 0.717) is 12.3 Å². The molecule has 0 aromatic rings. The fourth-order valence-corrected chi connectivity index (χ4v) is 2.87. The zero-order chi connectivity index (χ0) is 13.4. The molecule has 108 valence electrons. The van der Waals surface area contributed by atoms with Crippen LogP contribution in [0.3, 0.4) is 0 Å². The molecule has 0 spiro atoms. The van der Waals surface area contributed by atoms with E-state index in [4.69, 9.17) is 5.84 Å². The van der Waals surface area contributed by atoms with Crippen molar-refractivity contribution in [1.29, 1.82) is 0 Å². The van der Waals surface area contributed by atoms with E-state index in [0.717, 1.165) is 12.8 Å². The Kier molecular flexibility index (Phi) is 7.00. The summed E-state index contributed by atoms with van der Waals surface area (Å²) in [6.45, 7) is 0. The van der Waals surface area contributed by atoms with E-state index in [1.807, 2.05) is 0 Å². The maximum absolute atomic E-state index is 12.1. The number of nitrogens with two attached hydrogens (primary N) is 1. The van der Waals surface area contributed by atoms with E-state index in [2.05, 4.69) is 5.43 Å². The van der Waals surface area contributed by atoms with E-state index >= 15 is 0 Å². The molecule has 1 fully saturated rings. The lowest BCUT2D eigenvalue weighted by Crippen LogP contribution is -2.41.